The van der Waals surface area contributed by atoms with Crippen molar-refractivity contribution < 1.29 is 4.79 Å². The van der Waals surface area contributed by atoms with Gasteiger partial charge in [-0.25, -0.2) is 9.98 Å². The first-order chi connectivity index (χ1) is 9.52. The molecule has 0 radical (unpaired) electrons. The number of hydrogen-bond donors (Lipinski definition) is 2. The maximum absolute atomic E-state index is 11.6. The third-order valence-corrected chi connectivity index (χ3v) is 3.40. The monoisotopic (exact) mass is 297 g/mol. The van der Waals surface area contributed by atoms with E-state index in [2.05, 4.69) is 27.5 Å². The summed E-state index contributed by atoms with van der Waals surface area (Å²) >= 11 is 1.65. The van der Waals surface area contributed by atoms with E-state index in [9.17, 15) is 4.79 Å². The number of rotatable bonds is 6. The summed E-state index contributed by atoms with van der Waals surface area (Å²) in [5, 5.41) is 7.39. The summed E-state index contributed by atoms with van der Waals surface area (Å²) in [6.45, 7) is 5.69. The molecule has 0 aromatic carbocycles. The minimum atomic E-state index is -0.0207. The molecule has 0 unspecified atom stereocenters. The van der Waals surface area contributed by atoms with Gasteiger partial charge >= 0.3 is 0 Å². The number of likely N-dealkylation sites (N-methyl/N-ethyl adjacent to an activating group) is 1. The van der Waals surface area contributed by atoms with E-state index in [1.54, 1.807) is 25.4 Å². The van der Waals surface area contributed by atoms with Gasteiger partial charge in [0.25, 0.3) is 0 Å². The summed E-state index contributed by atoms with van der Waals surface area (Å²) in [7, 11) is 3.45. The van der Waals surface area contributed by atoms with Crippen LogP contribution in [0.2, 0.25) is 0 Å². The fraction of sp³-hybridized carbons (Fsp3) is 0.615. The second-order valence-corrected chi connectivity index (χ2v) is 5.92. The fourth-order valence-corrected chi connectivity index (χ4v) is 2.08. The SMILES string of the molecule is CCCNC(=NCC(=O)N(C)C)NCc1ncc(C)s1. The Morgan fingerprint density at radius 2 is 2.20 bits per heavy atom. The van der Waals surface area contributed by atoms with Crippen LogP contribution in [0, 0.1) is 6.92 Å². The van der Waals surface area contributed by atoms with Gasteiger partial charge in [0.05, 0.1) is 6.54 Å². The van der Waals surface area contributed by atoms with Crippen molar-refractivity contribution in [2.45, 2.75) is 26.8 Å². The van der Waals surface area contributed by atoms with Crippen molar-refractivity contribution >= 4 is 23.2 Å². The maximum atomic E-state index is 11.6. The lowest BCUT2D eigenvalue weighted by molar-refractivity contribution is -0.127. The number of thiazole rings is 1. The Hall–Kier alpha value is -1.63. The van der Waals surface area contributed by atoms with Crippen molar-refractivity contribution in [3.8, 4) is 0 Å². The number of amides is 1. The molecule has 2 N–H and O–H groups in total. The van der Waals surface area contributed by atoms with Crippen LogP contribution in [0.4, 0.5) is 0 Å². The van der Waals surface area contributed by atoms with E-state index in [-0.39, 0.29) is 12.5 Å². The number of guanidine groups is 1. The van der Waals surface area contributed by atoms with E-state index in [4.69, 9.17) is 0 Å². The molecule has 7 heteroatoms. The van der Waals surface area contributed by atoms with Crippen molar-refractivity contribution in [1.82, 2.24) is 20.5 Å². The molecule has 0 aliphatic carbocycles. The molecule has 0 spiro atoms. The number of aliphatic imine (C=N–C) groups is 1. The van der Waals surface area contributed by atoms with Gasteiger partial charge in [0.2, 0.25) is 5.91 Å². The Morgan fingerprint density at radius 1 is 1.45 bits per heavy atom. The summed E-state index contributed by atoms with van der Waals surface area (Å²) in [5.41, 5.74) is 0. The molecule has 0 saturated carbocycles. The molecule has 0 aliphatic heterocycles. The topological polar surface area (TPSA) is 69.6 Å². The number of hydrogen-bond acceptors (Lipinski definition) is 4. The number of carbonyl (C=O) groups is 1. The Kier molecular flexibility index (Phi) is 7.00. The largest absolute Gasteiger partial charge is 0.356 e. The quantitative estimate of drug-likeness (QED) is 0.607. The van der Waals surface area contributed by atoms with Crippen LogP contribution >= 0.6 is 11.3 Å². The van der Waals surface area contributed by atoms with Crippen molar-refractivity contribution in [2.75, 3.05) is 27.2 Å². The third-order valence-electron chi connectivity index (χ3n) is 2.49. The van der Waals surface area contributed by atoms with Crippen LogP contribution in [-0.2, 0) is 11.3 Å². The Morgan fingerprint density at radius 3 is 2.75 bits per heavy atom. The van der Waals surface area contributed by atoms with Gasteiger partial charge in [-0.05, 0) is 13.3 Å². The summed E-state index contributed by atoms with van der Waals surface area (Å²) in [5.74, 6) is 0.627. The van der Waals surface area contributed by atoms with Gasteiger partial charge in [0.1, 0.15) is 11.6 Å². The van der Waals surface area contributed by atoms with Crippen molar-refractivity contribution in [3.05, 3.63) is 16.1 Å². The van der Waals surface area contributed by atoms with Crippen molar-refractivity contribution in [1.29, 1.82) is 0 Å². The molecule has 112 valence electrons. The molecule has 1 amide bonds. The summed E-state index contributed by atoms with van der Waals surface area (Å²) in [4.78, 5) is 22.8. The Bertz CT molecular complexity index is 455. The van der Waals surface area contributed by atoms with E-state index in [1.807, 2.05) is 13.1 Å². The molecule has 1 heterocycles. The van der Waals surface area contributed by atoms with E-state index >= 15 is 0 Å². The predicted molar refractivity (Wildman–Crippen MR) is 83.0 cm³/mol. The molecular formula is C13H23N5OS. The predicted octanol–water partition coefficient (Wildman–Crippen LogP) is 0.985. The molecule has 0 atom stereocenters. The zero-order valence-electron chi connectivity index (χ0n) is 12.6. The highest BCUT2D eigenvalue weighted by Gasteiger charge is 2.05. The molecule has 1 aromatic rings. The van der Waals surface area contributed by atoms with Crippen molar-refractivity contribution in [2.24, 2.45) is 4.99 Å². The van der Waals surface area contributed by atoms with E-state index in [0.29, 0.717) is 12.5 Å². The fourth-order valence-electron chi connectivity index (χ4n) is 1.35. The first-order valence-electron chi connectivity index (χ1n) is 6.66. The lowest BCUT2D eigenvalue weighted by Gasteiger charge is -2.12. The average molecular weight is 297 g/mol. The number of carbonyl (C=O) groups excluding carboxylic acids is 1. The molecule has 20 heavy (non-hydrogen) atoms. The van der Waals surface area contributed by atoms with Crippen LogP contribution in [-0.4, -0.2) is 48.9 Å². The average Bonchev–Trinajstić information content (AvgIpc) is 2.83. The van der Waals surface area contributed by atoms with Crippen LogP contribution in [0.15, 0.2) is 11.2 Å². The first-order valence-corrected chi connectivity index (χ1v) is 7.48. The number of aromatic nitrogens is 1. The van der Waals surface area contributed by atoms with Crippen LogP contribution in [0.3, 0.4) is 0 Å². The summed E-state index contributed by atoms with van der Waals surface area (Å²) in [6.07, 6.45) is 2.85. The first kappa shape index (κ1) is 16.4. The maximum Gasteiger partial charge on any atom is 0.243 e. The standard InChI is InChI=1S/C13H23N5OS/c1-5-6-14-13(17-9-12(19)18(3)4)16-8-11-15-7-10(2)20-11/h7H,5-6,8-9H2,1-4H3,(H2,14,16,17). The Balaban J connectivity index is 2.54. The van der Waals surface area contributed by atoms with Crippen LogP contribution in [0.5, 0.6) is 0 Å². The highest BCUT2D eigenvalue weighted by molar-refractivity contribution is 7.11. The molecule has 0 aliphatic rings. The molecule has 1 rings (SSSR count). The zero-order chi connectivity index (χ0) is 15.0. The van der Waals surface area contributed by atoms with Crippen molar-refractivity contribution in [3.63, 3.8) is 0 Å². The lowest BCUT2D eigenvalue weighted by atomic mass is 10.5. The molecule has 0 bridgehead atoms. The van der Waals surface area contributed by atoms with E-state index in [1.165, 1.54) is 9.78 Å². The van der Waals surface area contributed by atoms with E-state index in [0.717, 1.165) is 18.0 Å². The van der Waals surface area contributed by atoms with Gasteiger partial charge in [0.15, 0.2) is 5.96 Å². The number of nitrogens with zero attached hydrogens (tertiary/aromatic N) is 3. The molecular weight excluding hydrogens is 274 g/mol. The lowest BCUT2D eigenvalue weighted by Crippen LogP contribution is -2.38. The smallest absolute Gasteiger partial charge is 0.243 e. The second-order valence-electron chi connectivity index (χ2n) is 4.60. The van der Waals surface area contributed by atoms with Gasteiger partial charge in [-0.2, -0.15) is 0 Å². The minimum Gasteiger partial charge on any atom is -0.356 e. The molecule has 0 fully saturated rings. The second kappa shape index (κ2) is 8.52. The van der Waals surface area contributed by atoms with Gasteiger partial charge in [-0.3, -0.25) is 4.79 Å². The highest BCUT2D eigenvalue weighted by Crippen LogP contribution is 2.10. The van der Waals surface area contributed by atoms with Crippen LogP contribution in [0.25, 0.3) is 0 Å². The number of nitrogens with one attached hydrogen (secondary N) is 2. The molecule has 0 saturated heterocycles. The summed E-state index contributed by atoms with van der Waals surface area (Å²) in [6, 6.07) is 0. The normalized spacial score (nSPS) is 11.3. The zero-order valence-corrected chi connectivity index (χ0v) is 13.4. The van der Waals surface area contributed by atoms with Gasteiger partial charge in [-0.15, -0.1) is 11.3 Å². The van der Waals surface area contributed by atoms with Crippen LogP contribution in [0.1, 0.15) is 23.2 Å². The van der Waals surface area contributed by atoms with Gasteiger partial charge < -0.3 is 15.5 Å². The van der Waals surface area contributed by atoms with Gasteiger partial charge in [-0.1, -0.05) is 6.92 Å². The van der Waals surface area contributed by atoms with Crippen LogP contribution < -0.4 is 10.6 Å². The third kappa shape index (κ3) is 6.01. The van der Waals surface area contributed by atoms with Gasteiger partial charge in [0, 0.05) is 31.7 Å². The summed E-state index contributed by atoms with van der Waals surface area (Å²) < 4.78 is 0. The minimum absolute atomic E-state index is 0.0207. The molecule has 6 nitrogen and oxygen atoms in total. The highest BCUT2D eigenvalue weighted by atomic mass is 32.1. The van der Waals surface area contributed by atoms with E-state index < -0.39 is 0 Å². The number of aryl methyl sites for hydroxylation is 1. The molecule has 1 aromatic heterocycles. The Labute approximate surface area is 124 Å².